The Morgan fingerprint density at radius 1 is 1.08 bits per heavy atom. The Labute approximate surface area is 143 Å². The van der Waals surface area contributed by atoms with E-state index in [4.69, 9.17) is 10.7 Å². The van der Waals surface area contributed by atoms with Crippen molar-refractivity contribution in [1.82, 2.24) is 14.5 Å². The molecule has 0 aliphatic carbocycles. The minimum absolute atomic E-state index is 0.306. The second kappa shape index (κ2) is 6.38. The van der Waals surface area contributed by atoms with E-state index in [0.29, 0.717) is 0 Å². The number of hydrogen-bond acceptors (Lipinski definition) is 3. The van der Waals surface area contributed by atoms with Crippen LogP contribution in [0.25, 0.3) is 22.4 Å². The lowest BCUT2D eigenvalue weighted by Gasteiger charge is -2.21. The summed E-state index contributed by atoms with van der Waals surface area (Å²) in [6, 6.07) is 16.9. The fourth-order valence-electron chi connectivity index (χ4n) is 3.04. The van der Waals surface area contributed by atoms with Gasteiger partial charge in [-0.3, -0.25) is 0 Å². The molecule has 0 aliphatic rings. The third-order valence-electron chi connectivity index (χ3n) is 3.90. The molecule has 0 amide bonds. The first-order chi connectivity index (χ1) is 11.3. The molecule has 3 aromatic rings. The molecule has 0 bridgehead atoms. The lowest BCUT2D eigenvalue weighted by atomic mass is 10.1. The number of aromatic nitrogens is 2. The number of nitrogens with zero attached hydrogens (tertiary/aromatic N) is 3. The van der Waals surface area contributed by atoms with Crippen molar-refractivity contribution >= 4 is 11.0 Å². The predicted molar refractivity (Wildman–Crippen MR) is 101 cm³/mol. The Morgan fingerprint density at radius 3 is 2.54 bits per heavy atom. The van der Waals surface area contributed by atoms with Crippen molar-refractivity contribution in [3.8, 4) is 11.4 Å². The molecular weight excluding hydrogens is 296 g/mol. The quantitative estimate of drug-likeness (QED) is 0.782. The summed E-state index contributed by atoms with van der Waals surface area (Å²) in [5, 5.41) is 0. The van der Waals surface area contributed by atoms with Crippen LogP contribution in [0.1, 0.15) is 19.4 Å². The number of hydrogen-bond donors (Lipinski definition) is 1. The number of para-hydroxylation sites is 2. The second-order valence-corrected chi connectivity index (χ2v) is 7.44. The maximum absolute atomic E-state index is 6.31. The average Bonchev–Trinajstić information content (AvgIpc) is 2.84. The van der Waals surface area contributed by atoms with Crippen LogP contribution in [0.2, 0.25) is 0 Å². The van der Waals surface area contributed by atoms with Crippen molar-refractivity contribution in [2.45, 2.75) is 32.5 Å². The second-order valence-electron chi connectivity index (χ2n) is 7.44. The Kier molecular flexibility index (Phi) is 4.43. The first-order valence-corrected chi connectivity index (χ1v) is 8.32. The number of imidazole rings is 1. The molecule has 0 spiro atoms. The van der Waals surface area contributed by atoms with Crippen molar-refractivity contribution in [3.05, 3.63) is 54.1 Å². The highest BCUT2D eigenvalue weighted by atomic mass is 15.1. The molecule has 24 heavy (non-hydrogen) atoms. The topological polar surface area (TPSA) is 47.1 Å². The third-order valence-corrected chi connectivity index (χ3v) is 3.90. The van der Waals surface area contributed by atoms with E-state index in [1.54, 1.807) is 0 Å². The highest BCUT2D eigenvalue weighted by Gasteiger charge is 2.19. The molecule has 0 fully saturated rings. The third kappa shape index (κ3) is 3.66. The van der Waals surface area contributed by atoms with Gasteiger partial charge in [-0.25, -0.2) is 4.98 Å². The van der Waals surface area contributed by atoms with Gasteiger partial charge in [-0.1, -0.05) is 30.3 Å². The lowest BCUT2D eigenvalue weighted by Crippen LogP contribution is -2.37. The van der Waals surface area contributed by atoms with Crippen molar-refractivity contribution in [2.75, 3.05) is 14.1 Å². The van der Waals surface area contributed by atoms with Crippen LogP contribution in [-0.4, -0.2) is 34.1 Å². The zero-order valence-corrected chi connectivity index (χ0v) is 15.0. The Bertz CT molecular complexity index is 840. The van der Waals surface area contributed by atoms with Gasteiger partial charge in [0.05, 0.1) is 11.0 Å². The van der Waals surface area contributed by atoms with Crippen LogP contribution in [0, 0.1) is 0 Å². The largest absolute Gasteiger partial charge is 0.324 e. The maximum Gasteiger partial charge on any atom is 0.141 e. The molecule has 1 aromatic heterocycles. The van der Waals surface area contributed by atoms with Crippen molar-refractivity contribution < 1.29 is 0 Å². The van der Waals surface area contributed by atoms with E-state index in [-0.39, 0.29) is 5.54 Å². The molecule has 0 aliphatic heterocycles. The molecule has 0 atom stereocenters. The van der Waals surface area contributed by atoms with Crippen LogP contribution < -0.4 is 5.73 Å². The van der Waals surface area contributed by atoms with Crippen LogP contribution in [0.15, 0.2) is 48.5 Å². The van der Waals surface area contributed by atoms with Gasteiger partial charge in [0, 0.05) is 24.2 Å². The molecule has 126 valence electrons. The van der Waals surface area contributed by atoms with E-state index >= 15 is 0 Å². The Morgan fingerprint density at radius 2 is 1.83 bits per heavy atom. The average molecular weight is 322 g/mol. The van der Waals surface area contributed by atoms with Crippen LogP contribution in [0.3, 0.4) is 0 Å². The first kappa shape index (κ1) is 16.7. The molecule has 0 unspecified atom stereocenters. The van der Waals surface area contributed by atoms with Crippen molar-refractivity contribution in [1.29, 1.82) is 0 Å². The maximum atomic E-state index is 6.31. The van der Waals surface area contributed by atoms with Crippen molar-refractivity contribution in [2.24, 2.45) is 5.73 Å². The summed E-state index contributed by atoms with van der Waals surface area (Å²) in [6.45, 7) is 5.74. The monoisotopic (exact) mass is 322 g/mol. The van der Waals surface area contributed by atoms with E-state index in [2.05, 4.69) is 66.0 Å². The molecule has 0 saturated heterocycles. The van der Waals surface area contributed by atoms with Gasteiger partial charge in [0.2, 0.25) is 0 Å². The standard InChI is InChI=1S/C20H26N4/c1-20(2,21)14-24-18-11-6-5-10-17(18)22-19(24)16-9-7-8-15(12-16)13-23(3)4/h5-12H,13-14,21H2,1-4H3. The van der Waals surface area contributed by atoms with Gasteiger partial charge in [0.25, 0.3) is 0 Å². The minimum Gasteiger partial charge on any atom is -0.324 e. The van der Waals surface area contributed by atoms with Gasteiger partial charge in [-0.15, -0.1) is 0 Å². The Hall–Kier alpha value is -2.17. The highest BCUT2D eigenvalue weighted by molar-refractivity contribution is 5.80. The zero-order chi connectivity index (χ0) is 17.3. The highest BCUT2D eigenvalue weighted by Crippen LogP contribution is 2.27. The molecule has 2 N–H and O–H groups in total. The van der Waals surface area contributed by atoms with E-state index in [1.165, 1.54) is 5.56 Å². The number of benzene rings is 2. The normalized spacial score (nSPS) is 12.2. The van der Waals surface area contributed by atoms with Crippen LogP contribution in [0.5, 0.6) is 0 Å². The van der Waals surface area contributed by atoms with E-state index in [9.17, 15) is 0 Å². The molecule has 0 radical (unpaired) electrons. The molecule has 3 rings (SSSR count). The SMILES string of the molecule is CN(C)Cc1cccc(-c2nc3ccccc3n2CC(C)(C)N)c1. The molecule has 1 heterocycles. The minimum atomic E-state index is -0.306. The zero-order valence-electron chi connectivity index (χ0n) is 15.0. The Balaban J connectivity index is 2.13. The van der Waals surface area contributed by atoms with Crippen LogP contribution in [0.4, 0.5) is 0 Å². The van der Waals surface area contributed by atoms with E-state index in [1.807, 2.05) is 19.9 Å². The van der Waals surface area contributed by atoms with E-state index in [0.717, 1.165) is 35.5 Å². The summed E-state index contributed by atoms with van der Waals surface area (Å²) in [5.41, 5.74) is 10.6. The number of rotatable bonds is 5. The van der Waals surface area contributed by atoms with Gasteiger partial charge in [0.15, 0.2) is 0 Å². The molecule has 2 aromatic carbocycles. The molecular formula is C20H26N4. The lowest BCUT2D eigenvalue weighted by molar-refractivity contribution is 0.402. The molecule has 0 saturated carbocycles. The van der Waals surface area contributed by atoms with Crippen LogP contribution in [-0.2, 0) is 13.1 Å². The summed E-state index contributed by atoms with van der Waals surface area (Å²) >= 11 is 0. The predicted octanol–water partition coefficient (Wildman–Crippen LogP) is 3.50. The summed E-state index contributed by atoms with van der Waals surface area (Å²) in [6.07, 6.45) is 0. The smallest absolute Gasteiger partial charge is 0.141 e. The number of nitrogens with two attached hydrogens (primary N) is 1. The fourth-order valence-corrected chi connectivity index (χ4v) is 3.04. The van der Waals surface area contributed by atoms with Crippen molar-refractivity contribution in [3.63, 3.8) is 0 Å². The van der Waals surface area contributed by atoms with Gasteiger partial charge in [-0.2, -0.15) is 0 Å². The summed E-state index contributed by atoms with van der Waals surface area (Å²) in [7, 11) is 4.16. The first-order valence-electron chi connectivity index (χ1n) is 8.32. The number of fused-ring (bicyclic) bond motifs is 1. The fraction of sp³-hybridized carbons (Fsp3) is 0.350. The van der Waals surface area contributed by atoms with Gasteiger partial charge in [-0.05, 0) is 51.7 Å². The van der Waals surface area contributed by atoms with Crippen LogP contribution >= 0.6 is 0 Å². The molecule has 4 heteroatoms. The van der Waals surface area contributed by atoms with E-state index < -0.39 is 0 Å². The molecule has 4 nitrogen and oxygen atoms in total. The van der Waals surface area contributed by atoms with Gasteiger partial charge in [0.1, 0.15) is 5.82 Å². The summed E-state index contributed by atoms with van der Waals surface area (Å²) < 4.78 is 2.24. The summed E-state index contributed by atoms with van der Waals surface area (Å²) in [4.78, 5) is 7.05. The summed E-state index contributed by atoms with van der Waals surface area (Å²) in [5.74, 6) is 0.982. The van der Waals surface area contributed by atoms with Gasteiger partial charge >= 0.3 is 0 Å². The van der Waals surface area contributed by atoms with Gasteiger partial charge < -0.3 is 15.2 Å².